The van der Waals surface area contributed by atoms with Crippen LogP contribution in [0, 0.1) is 5.82 Å². The molecule has 0 heterocycles. The highest BCUT2D eigenvalue weighted by Crippen LogP contribution is 2.23. The number of anilines is 1. The molecular formula is C10H13FN2O2S. The first-order valence-electron chi connectivity index (χ1n) is 4.50. The fourth-order valence-corrected chi connectivity index (χ4v) is 1.40. The van der Waals surface area contributed by atoms with Crippen molar-refractivity contribution in [2.24, 2.45) is 5.73 Å². The molecule has 88 valence electrons. The van der Waals surface area contributed by atoms with Crippen LogP contribution in [0.3, 0.4) is 0 Å². The number of nitrogens with one attached hydrogen (secondary N) is 1. The maximum Gasteiger partial charge on any atom is 0.183 e. The van der Waals surface area contributed by atoms with E-state index < -0.39 is 12.1 Å². The van der Waals surface area contributed by atoms with Crippen LogP contribution < -0.4 is 11.1 Å². The van der Waals surface area contributed by atoms with Gasteiger partial charge in [-0.1, -0.05) is 6.07 Å². The number of ether oxygens (including phenoxy) is 2. The highest BCUT2D eigenvalue weighted by Gasteiger charge is 2.12. The molecule has 0 aliphatic rings. The zero-order valence-electron chi connectivity index (χ0n) is 8.99. The predicted molar refractivity (Wildman–Crippen MR) is 63.6 cm³/mol. The molecule has 0 aliphatic heterocycles. The molecule has 4 nitrogen and oxygen atoms in total. The van der Waals surface area contributed by atoms with E-state index in [9.17, 15) is 4.39 Å². The van der Waals surface area contributed by atoms with Gasteiger partial charge < -0.3 is 20.5 Å². The van der Waals surface area contributed by atoms with E-state index in [0.717, 1.165) is 0 Å². The van der Waals surface area contributed by atoms with Crippen molar-refractivity contribution >= 4 is 23.0 Å². The third kappa shape index (κ3) is 3.13. The topological polar surface area (TPSA) is 56.5 Å². The molecule has 0 fully saturated rings. The first-order chi connectivity index (χ1) is 7.58. The van der Waals surface area contributed by atoms with Gasteiger partial charge in [0.15, 0.2) is 11.4 Å². The van der Waals surface area contributed by atoms with E-state index in [1.807, 2.05) is 0 Å². The Kier molecular flexibility index (Phi) is 4.60. The van der Waals surface area contributed by atoms with Crippen molar-refractivity contribution in [2.75, 3.05) is 19.5 Å². The highest BCUT2D eigenvalue weighted by molar-refractivity contribution is 7.80. The Labute approximate surface area is 98.5 Å². The Balaban J connectivity index is 3.01. The number of nitrogens with two attached hydrogens (primary N) is 1. The van der Waals surface area contributed by atoms with E-state index >= 15 is 0 Å². The normalized spacial score (nSPS) is 10.5. The van der Waals surface area contributed by atoms with E-state index in [2.05, 4.69) is 17.5 Å². The summed E-state index contributed by atoms with van der Waals surface area (Å²) in [5, 5.41) is 2.54. The largest absolute Gasteiger partial charge is 0.376 e. The Bertz CT molecular complexity index is 383. The summed E-state index contributed by atoms with van der Waals surface area (Å²) in [6, 6.07) is 4.39. The number of rotatable bonds is 4. The van der Waals surface area contributed by atoms with Gasteiger partial charge in [-0.15, -0.1) is 0 Å². The molecule has 0 amide bonds. The molecule has 0 unspecified atom stereocenters. The van der Waals surface area contributed by atoms with Gasteiger partial charge in [0.05, 0.1) is 5.69 Å². The molecule has 0 bridgehead atoms. The second-order valence-corrected chi connectivity index (χ2v) is 3.47. The van der Waals surface area contributed by atoms with Crippen LogP contribution in [0.2, 0.25) is 0 Å². The average molecular weight is 244 g/mol. The van der Waals surface area contributed by atoms with Gasteiger partial charge in [-0.25, -0.2) is 4.39 Å². The second-order valence-electron chi connectivity index (χ2n) is 3.03. The van der Waals surface area contributed by atoms with Gasteiger partial charge in [-0.05, 0) is 24.4 Å². The lowest BCUT2D eigenvalue weighted by molar-refractivity contribution is -0.106. The molecule has 1 aromatic rings. The van der Waals surface area contributed by atoms with Gasteiger partial charge in [0.25, 0.3) is 0 Å². The van der Waals surface area contributed by atoms with E-state index in [-0.39, 0.29) is 10.8 Å². The monoisotopic (exact) mass is 244 g/mol. The standard InChI is InChI=1S/C10H13FN2O2S/c1-14-9(15-2)6-3-4-7(11)8(5-6)13-10(12)16/h3-5,9H,1-2H3,(H3,12,13,16). The summed E-state index contributed by atoms with van der Waals surface area (Å²) < 4.78 is 23.4. The van der Waals surface area contributed by atoms with E-state index in [1.54, 1.807) is 6.07 Å². The summed E-state index contributed by atoms with van der Waals surface area (Å²) >= 11 is 4.64. The molecule has 0 aliphatic carbocycles. The van der Waals surface area contributed by atoms with Crippen LogP contribution >= 0.6 is 12.2 Å². The minimum absolute atomic E-state index is 0.00225. The first kappa shape index (κ1) is 12.8. The molecule has 0 atom stereocenters. The highest BCUT2D eigenvalue weighted by atomic mass is 32.1. The minimum atomic E-state index is -0.549. The predicted octanol–water partition coefficient (Wildman–Crippen LogP) is 1.77. The molecule has 1 rings (SSSR count). The molecular weight excluding hydrogens is 231 g/mol. The lowest BCUT2D eigenvalue weighted by Gasteiger charge is -2.15. The minimum Gasteiger partial charge on any atom is -0.376 e. The van der Waals surface area contributed by atoms with Crippen molar-refractivity contribution in [2.45, 2.75) is 6.29 Å². The fraction of sp³-hybridized carbons (Fsp3) is 0.300. The van der Waals surface area contributed by atoms with Crippen molar-refractivity contribution in [1.29, 1.82) is 0 Å². The number of halogens is 1. The maximum atomic E-state index is 13.3. The van der Waals surface area contributed by atoms with Crippen LogP contribution in [-0.4, -0.2) is 19.3 Å². The summed E-state index contributed by atoms with van der Waals surface area (Å²) in [6.45, 7) is 0. The summed E-state index contributed by atoms with van der Waals surface area (Å²) in [5.74, 6) is -0.442. The van der Waals surface area contributed by atoms with Gasteiger partial charge in [-0.3, -0.25) is 0 Å². The molecule has 0 saturated carbocycles. The number of hydrogen-bond donors (Lipinski definition) is 2. The summed E-state index contributed by atoms with van der Waals surface area (Å²) in [4.78, 5) is 0. The molecule has 0 spiro atoms. The van der Waals surface area contributed by atoms with E-state index in [4.69, 9.17) is 15.2 Å². The lowest BCUT2D eigenvalue weighted by atomic mass is 10.2. The van der Waals surface area contributed by atoms with Gasteiger partial charge in [0.2, 0.25) is 0 Å². The van der Waals surface area contributed by atoms with Crippen LogP contribution in [0.1, 0.15) is 11.9 Å². The molecule has 0 radical (unpaired) electrons. The zero-order valence-corrected chi connectivity index (χ0v) is 9.81. The lowest BCUT2D eigenvalue weighted by Crippen LogP contribution is -2.20. The van der Waals surface area contributed by atoms with Crippen LogP contribution in [0.4, 0.5) is 10.1 Å². The van der Waals surface area contributed by atoms with Gasteiger partial charge in [0.1, 0.15) is 5.82 Å². The molecule has 6 heteroatoms. The van der Waals surface area contributed by atoms with Gasteiger partial charge >= 0.3 is 0 Å². The quantitative estimate of drug-likeness (QED) is 0.624. The Morgan fingerprint density at radius 1 is 1.44 bits per heavy atom. The number of benzene rings is 1. The van der Waals surface area contributed by atoms with Crippen LogP contribution in [0.5, 0.6) is 0 Å². The fourth-order valence-electron chi connectivity index (χ4n) is 1.29. The number of methoxy groups -OCH3 is 2. The SMILES string of the molecule is COC(OC)c1ccc(F)c(NC(N)=S)c1. The molecule has 0 aromatic heterocycles. The van der Waals surface area contributed by atoms with E-state index in [0.29, 0.717) is 5.56 Å². The summed E-state index contributed by atoms with van der Waals surface area (Å²) in [7, 11) is 3.00. The average Bonchev–Trinajstić information content (AvgIpc) is 2.23. The van der Waals surface area contributed by atoms with Crippen molar-refractivity contribution in [3.8, 4) is 0 Å². The van der Waals surface area contributed by atoms with Crippen LogP contribution in [0.15, 0.2) is 18.2 Å². The first-order valence-corrected chi connectivity index (χ1v) is 4.90. The van der Waals surface area contributed by atoms with Gasteiger partial charge in [-0.2, -0.15) is 0 Å². The maximum absolute atomic E-state index is 13.3. The second kappa shape index (κ2) is 5.74. The van der Waals surface area contributed by atoms with Crippen molar-refractivity contribution in [3.05, 3.63) is 29.6 Å². The van der Waals surface area contributed by atoms with Crippen molar-refractivity contribution in [3.63, 3.8) is 0 Å². The Morgan fingerprint density at radius 3 is 2.56 bits per heavy atom. The van der Waals surface area contributed by atoms with E-state index in [1.165, 1.54) is 26.4 Å². The van der Waals surface area contributed by atoms with Crippen LogP contribution in [-0.2, 0) is 9.47 Å². The third-order valence-corrected chi connectivity index (χ3v) is 2.05. The Morgan fingerprint density at radius 2 is 2.06 bits per heavy atom. The molecule has 1 aromatic carbocycles. The Hall–Kier alpha value is -1.24. The molecule has 3 N–H and O–H groups in total. The van der Waals surface area contributed by atoms with Crippen LogP contribution in [0.25, 0.3) is 0 Å². The van der Waals surface area contributed by atoms with Gasteiger partial charge in [0, 0.05) is 19.8 Å². The smallest absolute Gasteiger partial charge is 0.183 e. The van der Waals surface area contributed by atoms with Crippen molar-refractivity contribution in [1.82, 2.24) is 0 Å². The molecule has 16 heavy (non-hydrogen) atoms. The van der Waals surface area contributed by atoms with Crippen molar-refractivity contribution < 1.29 is 13.9 Å². The molecule has 0 saturated heterocycles. The summed E-state index contributed by atoms with van der Waals surface area (Å²) in [6.07, 6.45) is -0.549. The summed E-state index contributed by atoms with van der Waals surface area (Å²) in [5.41, 5.74) is 6.15. The number of thiocarbonyl (C=S) groups is 1. The third-order valence-electron chi connectivity index (χ3n) is 1.95. The zero-order chi connectivity index (χ0) is 12.1. The number of hydrogen-bond acceptors (Lipinski definition) is 3.